The number of nitrogens with two attached hydrogens (primary N) is 1. The van der Waals surface area contributed by atoms with E-state index in [2.05, 4.69) is 0 Å². The molecule has 1 aromatic carbocycles. The molecule has 0 aromatic heterocycles. The van der Waals surface area contributed by atoms with Crippen LogP contribution in [0, 0.1) is 11.8 Å². The number of ether oxygens (including phenoxy) is 2. The summed E-state index contributed by atoms with van der Waals surface area (Å²) >= 11 is 0. The molecule has 5 heteroatoms. The second kappa shape index (κ2) is 6.03. The lowest BCUT2D eigenvalue weighted by Gasteiger charge is -2.22. The zero-order valence-electron chi connectivity index (χ0n) is 11.9. The van der Waals surface area contributed by atoms with Gasteiger partial charge in [-0.25, -0.2) is 0 Å². The average molecular weight is 291 g/mol. The molecule has 0 radical (unpaired) electrons. The third kappa shape index (κ3) is 3.54. The van der Waals surface area contributed by atoms with Crippen molar-refractivity contribution in [2.75, 3.05) is 13.2 Å². The summed E-state index contributed by atoms with van der Waals surface area (Å²) in [7, 11) is 0. The minimum absolute atomic E-state index is 0.226. The lowest BCUT2D eigenvalue weighted by Crippen LogP contribution is -2.32. The van der Waals surface area contributed by atoms with Crippen molar-refractivity contribution in [1.82, 2.24) is 0 Å². The molecule has 0 spiro atoms. The summed E-state index contributed by atoms with van der Waals surface area (Å²) in [5, 5.41) is 8.79. The number of rotatable bonds is 6. The van der Waals surface area contributed by atoms with E-state index >= 15 is 0 Å². The van der Waals surface area contributed by atoms with Crippen molar-refractivity contribution in [2.45, 2.75) is 31.4 Å². The molecule has 1 saturated heterocycles. The third-order valence-corrected chi connectivity index (χ3v) is 4.39. The van der Waals surface area contributed by atoms with Gasteiger partial charge in [-0.1, -0.05) is 12.1 Å². The van der Waals surface area contributed by atoms with Gasteiger partial charge >= 0.3 is 5.97 Å². The highest BCUT2D eigenvalue weighted by Gasteiger charge is 2.46. The van der Waals surface area contributed by atoms with E-state index in [1.165, 1.54) is 12.8 Å². The minimum Gasteiger partial charge on any atom is -0.491 e. The standard InChI is InChI=1S/C16H21NO4/c17-14(16(18)19)7-10-1-3-12(4-2-10)21-9-15-13-8-11(13)5-6-20-15/h1-4,11,13-15H,5-9,17H2,(H,18,19). The van der Waals surface area contributed by atoms with E-state index in [9.17, 15) is 4.79 Å². The van der Waals surface area contributed by atoms with Crippen molar-refractivity contribution < 1.29 is 19.4 Å². The Morgan fingerprint density at radius 2 is 2.19 bits per heavy atom. The molecule has 5 nitrogen and oxygen atoms in total. The summed E-state index contributed by atoms with van der Waals surface area (Å²) in [5.41, 5.74) is 6.41. The van der Waals surface area contributed by atoms with E-state index in [4.69, 9.17) is 20.3 Å². The van der Waals surface area contributed by atoms with Crippen LogP contribution in [-0.4, -0.2) is 36.4 Å². The summed E-state index contributed by atoms with van der Waals surface area (Å²) in [4.78, 5) is 10.7. The van der Waals surface area contributed by atoms with Crippen LogP contribution >= 0.6 is 0 Å². The molecule has 0 bridgehead atoms. The van der Waals surface area contributed by atoms with Crippen LogP contribution < -0.4 is 10.5 Å². The van der Waals surface area contributed by atoms with Gasteiger partial charge in [-0.15, -0.1) is 0 Å². The lowest BCUT2D eigenvalue weighted by molar-refractivity contribution is -0.138. The molecule has 21 heavy (non-hydrogen) atoms. The first-order valence-electron chi connectivity index (χ1n) is 7.45. The molecule has 1 heterocycles. The number of carboxylic acids is 1. The van der Waals surface area contributed by atoms with Crippen LogP contribution in [0.4, 0.5) is 0 Å². The van der Waals surface area contributed by atoms with Crippen LogP contribution in [0.1, 0.15) is 18.4 Å². The summed E-state index contributed by atoms with van der Waals surface area (Å²) < 4.78 is 11.5. The quantitative estimate of drug-likeness (QED) is 0.829. The molecule has 3 rings (SSSR count). The summed E-state index contributed by atoms with van der Waals surface area (Å²) in [6.07, 6.45) is 3.02. The number of carbonyl (C=O) groups is 1. The maximum Gasteiger partial charge on any atom is 0.320 e. The third-order valence-electron chi connectivity index (χ3n) is 4.39. The van der Waals surface area contributed by atoms with Crippen LogP contribution in [0.15, 0.2) is 24.3 Å². The normalized spacial score (nSPS) is 28.5. The zero-order chi connectivity index (χ0) is 14.8. The molecular formula is C16H21NO4. The van der Waals surface area contributed by atoms with E-state index in [-0.39, 0.29) is 6.10 Å². The van der Waals surface area contributed by atoms with Gasteiger partial charge in [-0.2, -0.15) is 0 Å². The number of hydrogen-bond donors (Lipinski definition) is 2. The van der Waals surface area contributed by atoms with Crippen LogP contribution in [-0.2, 0) is 16.0 Å². The van der Waals surface area contributed by atoms with E-state index in [1.54, 1.807) is 0 Å². The topological polar surface area (TPSA) is 81.8 Å². The zero-order valence-corrected chi connectivity index (χ0v) is 11.9. The summed E-state index contributed by atoms with van der Waals surface area (Å²) in [6, 6.07) is 6.58. The molecule has 4 atom stereocenters. The molecular weight excluding hydrogens is 270 g/mol. The molecule has 1 aliphatic heterocycles. The fourth-order valence-corrected chi connectivity index (χ4v) is 2.97. The minimum atomic E-state index is -0.983. The van der Waals surface area contributed by atoms with Gasteiger partial charge in [0.2, 0.25) is 0 Å². The molecule has 4 unspecified atom stereocenters. The van der Waals surface area contributed by atoms with Crippen molar-refractivity contribution in [3.63, 3.8) is 0 Å². The maximum absolute atomic E-state index is 10.7. The van der Waals surface area contributed by atoms with E-state index in [1.807, 2.05) is 24.3 Å². The van der Waals surface area contributed by atoms with Gasteiger partial charge in [0.25, 0.3) is 0 Å². The second-order valence-electron chi connectivity index (χ2n) is 5.96. The van der Waals surface area contributed by atoms with Gasteiger partial charge in [-0.05, 0) is 48.8 Å². The number of carboxylic acid groups (broad SMARTS) is 1. The molecule has 3 N–H and O–H groups in total. The Morgan fingerprint density at radius 3 is 2.90 bits per heavy atom. The van der Waals surface area contributed by atoms with Crippen LogP contribution in [0.5, 0.6) is 5.75 Å². The monoisotopic (exact) mass is 291 g/mol. The Labute approximate surface area is 124 Å². The van der Waals surface area contributed by atoms with Gasteiger partial charge in [0.15, 0.2) is 0 Å². The fraction of sp³-hybridized carbons (Fsp3) is 0.562. The highest BCUT2D eigenvalue weighted by Crippen LogP contribution is 2.47. The van der Waals surface area contributed by atoms with Gasteiger partial charge in [-0.3, -0.25) is 4.79 Å². The number of hydrogen-bond acceptors (Lipinski definition) is 4. The van der Waals surface area contributed by atoms with Crippen molar-refractivity contribution >= 4 is 5.97 Å². The first-order chi connectivity index (χ1) is 10.1. The summed E-state index contributed by atoms with van der Waals surface area (Å²) in [6.45, 7) is 1.44. The van der Waals surface area contributed by atoms with E-state index < -0.39 is 12.0 Å². The Bertz CT molecular complexity index is 502. The summed E-state index contributed by atoms with van der Waals surface area (Å²) in [5.74, 6) is 1.34. The smallest absolute Gasteiger partial charge is 0.320 e. The Kier molecular flexibility index (Phi) is 4.12. The molecule has 2 fully saturated rings. The van der Waals surface area contributed by atoms with Gasteiger partial charge in [0.05, 0.1) is 6.10 Å². The highest BCUT2D eigenvalue weighted by molar-refractivity contribution is 5.73. The molecule has 1 saturated carbocycles. The molecule has 1 aliphatic carbocycles. The van der Waals surface area contributed by atoms with Crippen molar-refractivity contribution in [3.8, 4) is 5.75 Å². The predicted molar refractivity (Wildman–Crippen MR) is 77.2 cm³/mol. The van der Waals surface area contributed by atoms with E-state index in [0.29, 0.717) is 18.9 Å². The van der Waals surface area contributed by atoms with E-state index in [0.717, 1.165) is 23.8 Å². The SMILES string of the molecule is NC(Cc1ccc(OCC2OCCC3CC32)cc1)C(=O)O. The van der Waals surface area contributed by atoms with Crippen LogP contribution in [0.25, 0.3) is 0 Å². The Morgan fingerprint density at radius 1 is 1.43 bits per heavy atom. The number of aliphatic carboxylic acids is 1. The van der Waals surface area contributed by atoms with Crippen molar-refractivity contribution in [2.24, 2.45) is 17.6 Å². The molecule has 1 aromatic rings. The average Bonchev–Trinajstić information content (AvgIpc) is 3.26. The second-order valence-corrected chi connectivity index (χ2v) is 5.96. The van der Waals surface area contributed by atoms with Crippen molar-refractivity contribution in [3.05, 3.63) is 29.8 Å². The van der Waals surface area contributed by atoms with Gasteiger partial charge in [0.1, 0.15) is 18.4 Å². The Hall–Kier alpha value is -1.59. The van der Waals surface area contributed by atoms with Gasteiger partial charge < -0.3 is 20.3 Å². The van der Waals surface area contributed by atoms with Crippen LogP contribution in [0.2, 0.25) is 0 Å². The number of benzene rings is 1. The molecule has 114 valence electrons. The lowest BCUT2D eigenvalue weighted by atomic mass is 10.1. The van der Waals surface area contributed by atoms with Crippen LogP contribution in [0.3, 0.4) is 0 Å². The largest absolute Gasteiger partial charge is 0.491 e. The Balaban J connectivity index is 1.49. The molecule has 2 aliphatic rings. The van der Waals surface area contributed by atoms with Gasteiger partial charge in [0, 0.05) is 6.61 Å². The maximum atomic E-state index is 10.7. The highest BCUT2D eigenvalue weighted by atomic mass is 16.5. The molecule has 0 amide bonds. The first-order valence-corrected chi connectivity index (χ1v) is 7.45. The fourth-order valence-electron chi connectivity index (χ4n) is 2.97. The van der Waals surface area contributed by atoms with Crippen molar-refractivity contribution in [1.29, 1.82) is 0 Å². The number of fused-ring (bicyclic) bond motifs is 1. The predicted octanol–water partition coefficient (Wildman–Crippen LogP) is 1.44. The first kappa shape index (κ1) is 14.4.